The minimum absolute atomic E-state index is 0.261. The summed E-state index contributed by atoms with van der Waals surface area (Å²) in [4.78, 5) is 14.4. The largest absolute Gasteiger partial charge is 0.390 e. The van der Waals surface area contributed by atoms with Gasteiger partial charge in [0.2, 0.25) is 5.91 Å². The molecule has 0 aliphatic rings. The topological polar surface area (TPSA) is 96.4 Å². The van der Waals surface area contributed by atoms with Gasteiger partial charge in [0.15, 0.2) is 0 Å². The van der Waals surface area contributed by atoms with Crippen LogP contribution in [-0.2, 0) is 4.79 Å². The highest BCUT2D eigenvalue weighted by atomic mass is 16.3. The van der Waals surface area contributed by atoms with Gasteiger partial charge in [-0.05, 0) is 24.1 Å². The van der Waals surface area contributed by atoms with Crippen LogP contribution < -0.4 is 5.73 Å². The molecule has 0 bridgehead atoms. The zero-order valence-corrected chi connectivity index (χ0v) is 8.42. The lowest BCUT2D eigenvalue weighted by molar-refractivity contribution is -0.121. The van der Waals surface area contributed by atoms with E-state index in [9.17, 15) is 15.0 Å². The van der Waals surface area contributed by atoms with Crippen LogP contribution >= 0.6 is 0 Å². The summed E-state index contributed by atoms with van der Waals surface area (Å²) in [5.41, 5.74) is 6.24. The molecule has 0 saturated carbocycles. The molecule has 0 saturated heterocycles. The number of amides is 1. The van der Waals surface area contributed by atoms with Crippen LogP contribution in [0.2, 0.25) is 0 Å². The molecule has 1 rings (SSSR count). The van der Waals surface area contributed by atoms with Crippen molar-refractivity contribution < 1.29 is 15.0 Å². The van der Waals surface area contributed by atoms with Gasteiger partial charge < -0.3 is 15.9 Å². The number of aryl methyl sites for hydroxylation is 1. The zero-order chi connectivity index (χ0) is 11.4. The summed E-state index contributed by atoms with van der Waals surface area (Å²) < 4.78 is 0. The van der Waals surface area contributed by atoms with Crippen LogP contribution in [0.3, 0.4) is 0 Å². The summed E-state index contributed by atoms with van der Waals surface area (Å²) in [6.45, 7) is 1.77. The van der Waals surface area contributed by atoms with Crippen molar-refractivity contribution in [3.63, 3.8) is 0 Å². The molecule has 5 nitrogen and oxygen atoms in total. The van der Waals surface area contributed by atoms with Gasteiger partial charge in [0.25, 0.3) is 0 Å². The van der Waals surface area contributed by atoms with Crippen molar-refractivity contribution in [1.82, 2.24) is 4.98 Å². The number of pyridine rings is 1. The molecule has 0 aromatic carbocycles. The van der Waals surface area contributed by atoms with Gasteiger partial charge in [-0.3, -0.25) is 9.78 Å². The monoisotopic (exact) mass is 210 g/mol. The van der Waals surface area contributed by atoms with Gasteiger partial charge in [-0.1, -0.05) is 0 Å². The number of nitrogens with zero attached hydrogens (tertiary/aromatic N) is 1. The molecule has 1 amide bonds. The van der Waals surface area contributed by atoms with Crippen LogP contribution in [0.5, 0.6) is 0 Å². The molecule has 0 spiro atoms. The van der Waals surface area contributed by atoms with Gasteiger partial charge in [0, 0.05) is 12.4 Å². The summed E-state index contributed by atoms with van der Waals surface area (Å²) in [6, 6.07) is 1.60. The molecule has 2 unspecified atom stereocenters. The number of nitrogens with two attached hydrogens (primary N) is 1. The second-order valence-electron chi connectivity index (χ2n) is 3.41. The molecule has 0 aliphatic heterocycles. The summed E-state index contributed by atoms with van der Waals surface area (Å²) >= 11 is 0. The van der Waals surface area contributed by atoms with Crippen molar-refractivity contribution in [2.45, 2.75) is 25.6 Å². The number of carbonyl (C=O) groups is 1. The van der Waals surface area contributed by atoms with E-state index in [4.69, 9.17) is 5.73 Å². The summed E-state index contributed by atoms with van der Waals surface area (Å²) in [7, 11) is 0. The van der Waals surface area contributed by atoms with Gasteiger partial charge in [0.1, 0.15) is 6.10 Å². The molecule has 5 heteroatoms. The molecule has 0 fully saturated rings. The highest BCUT2D eigenvalue weighted by Gasteiger charge is 2.21. The van der Waals surface area contributed by atoms with E-state index in [1.165, 1.54) is 6.20 Å². The molecule has 0 radical (unpaired) electrons. The van der Waals surface area contributed by atoms with Crippen LogP contribution in [0.4, 0.5) is 0 Å². The van der Waals surface area contributed by atoms with Crippen molar-refractivity contribution in [2.24, 2.45) is 5.73 Å². The van der Waals surface area contributed by atoms with Crippen molar-refractivity contribution >= 4 is 5.91 Å². The van der Waals surface area contributed by atoms with Gasteiger partial charge in [-0.25, -0.2) is 0 Å². The summed E-state index contributed by atoms with van der Waals surface area (Å²) in [5, 5.41) is 19.2. The van der Waals surface area contributed by atoms with Crippen LogP contribution in [-0.4, -0.2) is 27.2 Å². The van der Waals surface area contributed by atoms with E-state index in [0.29, 0.717) is 5.56 Å². The Morgan fingerprint density at radius 1 is 1.60 bits per heavy atom. The van der Waals surface area contributed by atoms with Crippen LogP contribution in [0.1, 0.15) is 23.7 Å². The minimum Gasteiger partial charge on any atom is -0.390 e. The number of hydrogen-bond acceptors (Lipinski definition) is 4. The van der Waals surface area contributed by atoms with E-state index in [1.807, 2.05) is 0 Å². The van der Waals surface area contributed by atoms with E-state index < -0.39 is 18.1 Å². The first-order valence-electron chi connectivity index (χ1n) is 4.57. The van der Waals surface area contributed by atoms with Crippen molar-refractivity contribution in [2.75, 3.05) is 0 Å². The standard InChI is InChI=1S/C10H14N2O3/c1-6-5-12-3-2-7(6)10(15)8(13)4-9(11)14/h2-3,5,8,10,13,15H,4H2,1H3,(H2,11,14). The van der Waals surface area contributed by atoms with Crippen LogP contribution in [0.25, 0.3) is 0 Å². The Morgan fingerprint density at radius 2 is 2.27 bits per heavy atom. The summed E-state index contributed by atoms with van der Waals surface area (Å²) in [5.74, 6) is -0.645. The first-order chi connectivity index (χ1) is 7.02. The Bertz CT molecular complexity index is 354. The third kappa shape index (κ3) is 3.00. The van der Waals surface area contributed by atoms with Gasteiger partial charge in [0.05, 0.1) is 12.5 Å². The van der Waals surface area contributed by atoms with Gasteiger partial charge >= 0.3 is 0 Å². The molecule has 4 N–H and O–H groups in total. The third-order valence-corrected chi connectivity index (χ3v) is 2.16. The van der Waals surface area contributed by atoms with Crippen molar-refractivity contribution in [3.8, 4) is 0 Å². The Kier molecular flexibility index (Phi) is 3.76. The second-order valence-corrected chi connectivity index (χ2v) is 3.41. The second kappa shape index (κ2) is 4.86. The molecule has 2 atom stereocenters. The maximum atomic E-state index is 10.6. The van der Waals surface area contributed by atoms with E-state index >= 15 is 0 Å². The summed E-state index contributed by atoms with van der Waals surface area (Å²) in [6.07, 6.45) is 0.546. The van der Waals surface area contributed by atoms with E-state index in [-0.39, 0.29) is 6.42 Å². The smallest absolute Gasteiger partial charge is 0.220 e. The van der Waals surface area contributed by atoms with Crippen molar-refractivity contribution in [1.29, 1.82) is 0 Å². The fourth-order valence-electron chi connectivity index (χ4n) is 1.34. The SMILES string of the molecule is Cc1cnccc1C(O)C(O)CC(N)=O. The Morgan fingerprint density at radius 3 is 2.80 bits per heavy atom. The first-order valence-corrected chi connectivity index (χ1v) is 4.57. The molecule has 82 valence electrons. The number of primary amides is 1. The van der Waals surface area contributed by atoms with E-state index in [2.05, 4.69) is 4.98 Å². The quantitative estimate of drug-likeness (QED) is 0.633. The Balaban J connectivity index is 2.80. The average Bonchev–Trinajstić information content (AvgIpc) is 2.16. The third-order valence-electron chi connectivity index (χ3n) is 2.16. The van der Waals surface area contributed by atoms with E-state index in [1.54, 1.807) is 19.2 Å². The molecule has 15 heavy (non-hydrogen) atoms. The number of aliphatic hydroxyl groups excluding tert-OH is 2. The minimum atomic E-state index is -1.18. The van der Waals surface area contributed by atoms with E-state index in [0.717, 1.165) is 5.56 Å². The Hall–Kier alpha value is -1.46. The van der Waals surface area contributed by atoms with Gasteiger partial charge in [-0.2, -0.15) is 0 Å². The lowest BCUT2D eigenvalue weighted by atomic mass is 9.99. The molecular weight excluding hydrogens is 196 g/mol. The van der Waals surface area contributed by atoms with Crippen LogP contribution in [0, 0.1) is 6.92 Å². The Labute approximate surface area is 87.6 Å². The highest BCUT2D eigenvalue weighted by Crippen LogP contribution is 2.21. The number of hydrogen-bond donors (Lipinski definition) is 3. The molecule has 1 aromatic heterocycles. The lowest BCUT2D eigenvalue weighted by Crippen LogP contribution is -2.26. The molecule has 1 aromatic rings. The van der Waals surface area contributed by atoms with Crippen molar-refractivity contribution in [3.05, 3.63) is 29.6 Å². The fourth-order valence-corrected chi connectivity index (χ4v) is 1.34. The number of aromatic nitrogens is 1. The lowest BCUT2D eigenvalue weighted by Gasteiger charge is -2.18. The van der Waals surface area contributed by atoms with Gasteiger partial charge in [-0.15, -0.1) is 0 Å². The first kappa shape index (κ1) is 11.6. The maximum Gasteiger partial charge on any atom is 0.220 e. The number of rotatable bonds is 4. The predicted octanol–water partition coefficient (Wildman–Crippen LogP) is -0.340. The number of carbonyl (C=O) groups excluding carboxylic acids is 1. The highest BCUT2D eigenvalue weighted by molar-refractivity contribution is 5.74. The zero-order valence-electron chi connectivity index (χ0n) is 8.42. The maximum absolute atomic E-state index is 10.6. The van der Waals surface area contributed by atoms with Crippen LogP contribution in [0.15, 0.2) is 18.5 Å². The molecule has 0 aliphatic carbocycles. The normalized spacial score (nSPS) is 14.6. The molecule has 1 heterocycles. The fraction of sp³-hybridized carbons (Fsp3) is 0.400. The average molecular weight is 210 g/mol. The predicted molar refractivity (Wildman–Crippen MR) is 53.8 cm³/mol. The number of aliphatic hydroxyl groups is 2. The molecular formula is C10H14N2O3.